The summed E-state index contributed by atoms with van der Waals surface area (Å²) < 4.78 is 12.8. The van der Waals surface area contributed by atoms with Gasteiger partial charge in [0.2, 0.25) is 0 Å². The van der Waals surface area contributed by atoms with E-state index in [4.69, 9.17) is 14.5 Å². The van der Waals surface area contributed by atoms with E-state index in [1.165, 1.54) is 5.56 Å². The molecule has 1 aliphatic rings. The third-order valence-corrected chi connectivity index (χ3v) is 6.16. The molecule has 1 aliphatic heterocycles. The second kappa shape index (κ2) is 11.4. The lowest BCUT2D eigenvalue weighted by atomic mass is 10.1. The molecule has 2 aromatic carbocycles. The van der Waals surface area contributed by atoms with Crippen molar-refractivity contribution in [3.05, 3.63) is 60.3 Å². The first-order valence-electron chi connectivity index (χ1n) is 12.1. The molecular weight excluding hydrogens is 426 g/mol. The number of hydrogen-bond donors (Lipinski definition) is 0. The van der Waals surface area contributed by atoms with Crippen LogP contribution in [0.15, 0.2) is 54.7 Å². The molecule has 1 aromatic heterocycles. The second-order valence-electron chi connectivity index (χ2n) is 9.35. The second-order valence-corrected chi connectivity index (χ2v) is 9.35. The predicted molar refractivity (Wildman–Crippen MR) is 135 cm³/mol. The van der Waals surface area contributed by atoms with Crippen molar-refractivity contribution in [2.45, 2.75) is 33.2 Å². The summed E-state index contributed by atoms with van der Waals surface area (Å²) in [5.74, 6) is 2.09. The number of ether oxygens (including phenoxy) is 2. The lowest BCUT2D eigenvalue weighted by Crippen LogP contribution is -2.37. The molecule has 6 heteroatoms. The van der Waals surface area contributed by atoms with E-state index in [1.54, 1.807) is 7.11 Å². The number of nitrogens with zero attached hydrogens (tertiary/aromatic N) is 3. The Balaban J connectivity index is 1.55. The van der Waals surface area contributed by atoms with Gasteiger partial charge in [0, 0.05) is 43.4 Å². The molecule has 0 radical (unpaired) electrons. The normalized spacial score (nSPS) is 14.5. The quantitative estimate of drug-likeness (QED) is 0.437. The van der Waals surface area contributed by atoms with Crippen LogP contribution in [-0.4, -0.2) is 60.2 Å². The number of morpholine rings is 1. The summed E-state index contributed by atoms with van der Waals surface area (Å²) >= 11 is 0. The third kappa shape index (κ3) is 6.33. The Morgan fingerprint density at radius 2 is 1.85 bits per heavy atom. The van der Waals surface area contributed by atoms with Crippen LogP contribution in [0.25, 0.3) is 22.6 Å². The van der Waals surface area contributed by atoms with Crippen molar-refractivity contribution in [3.8, 4) is 28.4 Å². The summed E-state index contributed by atoms with van der Waals surface area (Å²) in [5, 5.41) is 0. The first-order valence-corrected chi connectivity index (χ1v) is 12.1. The highest BCUT2D eigenvalue weighted by Gasteiger charge is 2.16. The molecule has 0 aliphatic carbocycles. The van der Waals surface area contributed by atoms with Gasteiger partial charge in [-0.05, 0) is 30.0 Å². The Bertz CT molecular complexity index is 1080. The van der Waals surface area contributed by atoms with Crippen LogP contribution < -0.4 is 4.74 Å². The van der Waals surface area contributed by atoms with Gasteiger partial charge in [-0.25, -0.2) is 4.98 Å². The van der Waals surface area contributed by atoms with Crippen LogP contribution in [0.3, 0.4) is 0 Å². The Morgan fingerprint density at radius 3 is 2.56 bits per heavy atom. The van der Waals surface area contributed by atoms with Gasteiger partial charge in [-0.3, -0.25) is 9.69 Å². The first-order chi connectivity index (χ1) is 16.5. The SMILES string of the molecule is COc1cccc(-c2nc(-c3ccc(CCN4CCOCC4)cc3)cn2CC(=O)CC(C)C)c1. The number of benzene rings is 2. The third-order valence-electron chi connectivity index (χ3n) is 6.16. The van der Waals surface area contributed by atoms with Crippen molar-refractivity contribution < 1.29 is 14.3 Å². The maximum absolute atomic E-state index is 12.6. The molecule has 0 saturated carbocycles. The van der Waals surface area contributed by atoms with Crippen LogP contribution in [0.2, 0.25) is 0 Å². The van der Waals surface area contributed by atoms with Gasteiger partial charge in [-0.15, -0.1) is 0 Å². The van der Waals surface area contributed by atoms with Crippen molar-refractivity contribution in [3.63, 3.8) is 0 Å². The van der Waals surface area contributed by atoms with Gasteiger partial charge < -0.3 is 14.0 Å². The van der Waals surface area contributed by atoms with Gasteiger partial charge in [-0.1, -0.05) is 50.2 Å². The number of aromatic nitrogens is 2. The smallest absolute Gasteiger partial charge is 0.152 e. The fourth-order valence-electron chi connectivity index (χ4n) is 4.33. The van der Waals surface area contributed by atoms with Gasteiger partial charge in [0.1, 0.15) is 11.6 Å². The van der Waals surface area contributed by atoms with E-state index in [9.17, 15) is 4.79 Å². The number of imidazole rings is 1. The summed E-state index contributed by atoms with van der Waals surface area (Å²) in [5.41, 5.74) is 4.17. The Hall–Kier alpha value is -2.96. The maximum Gasteiger partial charge on any atom is 0.152 e. The minimum Gasteiger partial charge on any atom is -0.497 e. The lowest BCUT2D eigenvalue weighted by Gasteiger charge is -2.26. The van der Waals surface area contributed by atoms with E-state index in [1.807, 2.05) is 35.0 Å². The topological polar surface area (TPSA) is 56.6 Å². The molecular formula is C28H35N3O3. The van der Waals surface area contributed by atoms with Crippen molar-refractivity contribution in [1.82, 2.24) is 14.5 Å². The summed E-state index contributed by atoms with van der Waals surface area (Å²) in [6.07, 6.45) is 3.58. The fraction of sp³-hybridized carbons (Fsp3) is 0.429. The van der Waals surface area contributed by atoms with E-state index < -0.39 is 0 Å². The van der Waals surface area contributed by atoms with Gasteiger partial charge in [0.15, 0.2) is 5.78 Å². The van der Waals surface area contributed by atoms with E-state index >= 15 is 0 Å². The average Bonchev–Trinajstić information content (AvgIpc) is 3.26. The number of Topliss-reactive ketones (excluding diaryl/α,β-unsaturated/α-hetero) is 1. The number of rotatable bonds is 10. The van der Waals surface area contributed by atoms with E-state index in [2.05, 4.69) is 43.0 Å². The highest BCUT2D eigenvalue weighted by molar-refractivity contribution is 5.79. The van der Waals surface area contributed by atoms with Crippen LogP contribution in [-0.2, 0) is 22.5 Å². The summed E-state index contributed by atoms with van der Waals surface area (Å²) in [7, 11) is 1.66. The Morgan fingerprint density at radius 1 is 1.09 bits per heavy atom. The number of carbonyl (C=O) groups excluding carboxylic acids is 1. The maximum atomic E-state index is 12.6. The molecule has 0 spiro atoms. The number of hydrogen-bond acceptors (Lipinski definition) is 5. The fourth-order valence-corrected chi connectivity index (χ4v) is 4.33. The van der Waals surface area contributed by atoms with Gasteiger partial charge >= 0.3 is 0 Å². The molecule has 1 saturated heterocycles. The molecule has 0 amide bonds. The monoisotopic (exact) mass is 461 g/mol. The predicted octanol–water partition coefficient (Wildman–Crippen LogP) is 4.72. The molecule has 180 valence electrons. The lowest BCUT2D eigenvalue weighted by molar-refractivity contribution is -0.120. The van der Waals surface area contributed by atoms with E-state index in [0.717, 1.165) is 67.7 Å². The van der Waals surface area contributed by atoms with Crippen molar-refractivity contribution in [1.29, 1.82) is 0 Å². The zero-order valence-electron chi connectivity index (χ0n) is 20.5. The zero-order valence-corrected chi connectivity index (χ0v) is 20.5. The van der Waals surface area contributed by atoms with Crippen LogP contribution in [0.5, 0.6) is 5.75 Å². The molecule has 0 bridgehead atoms. The average molecular weight is 462 g/mol. The highest BCUT2D eigenvalue weighted by atomic mass is 16.5. The Labute approximate surface area is 202 Å². The van der Waals surface area contributed by atoms with Crippen molar-refractivity contribution >= 4 is 5.78 Å². The molecule has 6 nitrogen and oxygen atoms in total. The summed E-state index contributed by atoms with van der Waals surface area (Å²) in [4.78, 5) is 20.0. The van der Waals surface area contributed by atoms with Crippen LogP contribution in [0.4, 0.5) is 0 Å². The molecule has 0 unspecified atom stereocenters. The van der Waals surface area contributed by atoms with Gasteiger partial charge in [-0.2, -0.15) is 0 Å². The largest absolute Gasteiger partial charge is 0.497 e. The number of carbonyl (C=O) groups is 1. The molecule has 1 fully saturated rings. The first kappa shape index (κ1) is 24.2. The zero-order chi connectivity index (χ0) is 23.9. The van der Waals surface area contributed by atoms with Crippen LogP contribution >= 0.6 is 0 Å². The number of methoxy groups -OCH3 is 1. The van der Waals surface area contributed by atoms with Crippen LogP contribution in [0, 0.1) is 5.92 Å². The minimum atomic E-state index is 0.210. The van der Waals surface area contributed by atoms with Gasteiger partial charge in [0.25, 0.3) is 0 Å². The molecule has 0 N–H and O–H groups in total. The molecule has 0 atom stereocenters. The molecule has 4 rings (SSSR count). The molecule has 2 heterocycles. The number of ketones is 1. The summed E-state index contributed by atoms with van der Waals surface area (Å²) in [6, 6.07) is 16.5. The standard InChI is InChI=1S/C28H35N3O3/c1-21(2)17-25(32)19-31-20-27(29-28(31)24-5-4-6-26(18-24)33-3)23-9-7-22(8-10-23)11-12-30-13-15-34-16-14-30/h4-10,18,20-21H,11-17,19H2,1-3H3. The van der Waals surface area contributed by atoms with E-state index in [-0.39, 0.29) is 5.78 Å². The minimum absolute atomic E-state index is 0.210. The van der Waals surface area contributed by atoms with Crippen molar-refractivity contribution in [2.24, 2.45) is 5.92 Å². The summed E-state index contributed by atoms with van der Waals surface area (Å²) in [6.45, 7) is 9.19. The Kier molecular flexibility index (Phi) is 8.14. The van der Waals surface area contributed by atoms with E-state index in [0.29, 0.717) is 18.9 Å². The molecule has 3 aromatic rings. The molecule has 34 heavy (non-hydrogen) atoms. The highest BCUT2D eigenvalue weighted by Crippen LogP contribution is 2.28. The van der Waals surface area contributed by atoms with Crippen molar-refractivity contribution in [2.75, 3.05) is 40.0 Å². The van der Waals surface area contributed by atoms with Gasteiger partial charge in [0.05, 0.1) is 32.6 Å². The van der Waals surface area contributed by atoms with Crippen LogP contribution in [0.1, 0.15) is 25.8 Å².